The van der Waals surface area contributed by atoms with Gasteiger partial charge in [-0.15, -0.1) is 11.3 Å². The van der Waals surface area contributed by atoms with Crippen LogP contribution >= 0.6 is 11.3 Å². The molecule has 0 aliphatic heterocycles. The van der Waals surface area contributed by atoms with Crippen molar-refractivity contribution in [2.75, 3.05) is 0 Å². The van der Waals surface area contributed by atoms with Crippen LogP contribution in [0.5, 0.6) is 11.5 Å². The van der Waals surface area contributed by atoms with Gasteiger partial charge in [0.25, 0.3) is 0 Å². The Kier molecular flexibility index (Phi) is 3.01. The van der Waals surface area contributed by atoms with E-state index in [1.165, 1.54) is 5.56 Å². The summed E-state index contributed by atoms with van der Waals surface area (Å²) in [5.41, 5.74) is 1.52. The molecule has 0 aliphatic carbocycles. The van der Waals surface area contributed by atoms with Gasteiger partial charge in [0.15, 0.2) is 0 Å². The fourth-order valence-electron chi connectivity index (χ4n) is 1.47. The zero-order valence-corrected chi connectivity index (χ0v) is 10.7. The van der Waals surface area contributed by atoms with Crippen molar-refractivity contribution in [2.24, 2.45) is 0 Å². The summed E-state index contributed by atoms with van der Waals surface area (Å²) in [5, 5.41) is 4.01. The molecule has 2 rings (SSSR count). The van der Waals surface area contributed by atoms with Crippen molar-refractivity contribution in [1.29, 1.82) is 0 Å². The van der Waals surface area contributed by atoms with Crippen LogP contribution < -0.4 is 4.74 Å². The highest BCUT2D eigenvalue weighted by Gasteiger charge is 2.12. The van der Waals surface area contributed by atoms with Crippen molar-refractivity contribution in [1.82, 2.24) is 0 Å². The molecule has 0 saturated heterocycles. The summed E-state index contributed by atoms with van der Waals surface area (Å²) in [7, 11) is 0. The smallest absolute Gasteiger partial charge is 0.138 e. The highest BCUT2D eigenvalue weighted by atomic mass is 32.1. The van der Waals surface area contributed by atoms with Crippen molar-refractivity contribution in [3.8, 4) is 11.5 Å². The lowest BCUT2D eigenvalue weighted by atomic mass is 9.87. The normalized spacial score (nSPS) is 11.4. The second-order valence-electron chi connectivity index (χ2n) is 4.84. The molecule has 2 heteroatoms. The first kappa shape index (κ1) is 11.2. The molecule has 0 bridgehead atoms. The van der Waals surface area contributed by atoms with E-state index in [0.29, 0.717) is 0 Å². The SMILES string of the molecule is CC(C)(C)c1ccc(Oc2ccsc2)cc1. The largest absolute Gasteiger partial charge is 0.457 e. The average Bonchev–Trinajstić information content (AvgIpc) is 2.70. The molecule has 16 heavy (non-hydrogen) atoms. The molecule has 1 aromatic carbocycles. The maximum Gasteiger partial charge on any atom is 0.138 e. The van der Waals surface area contributed by atoms with Gasteiger partial charge in [-0.05, 0) is 34.6 Å². The molecule has 0 unspecified atom stereocenters. The summed E-state index contributed by atoms with van der Waals surface area (Å²) in [6.45, 7) is 6.63. The van der Waals surface area contributed by atoms with Crippen LogP contribution in [0.25, 0.3) is 0 Å². The summed E-state index contributed by atoms with van der Waals surface area (Å²) < 4.78 is 5.70. The molecule has 2 aromatic rings. The number of thiophene rings is 1. The van der Waals surface area contributed by atoms with Gasteiger partial charge in [0.2, 0.25) is 0 Å². The van der Waals surface area contributed by atoms with Gasteiger partial charge in [0, 0.05) is 5.38 Å². The first-order valence-corrected chi connectivity index (χ1v) is 6.30. The number of hydrogen-bond acceptors (Lipinski definition) is 2. The predicted octanol–water partition coefficient (Wildman–Crippen LogP) is 4.84. The fourth-order valence-corrected chi connectivity index (χ4v) is 2.02. The van der Waals surface area contributed by atoms with Crippen molar-refractivity contribution >= 4 is 11.3 Å². The van der Waals surface area contributed by atoms with E-state index in [4.69, 9.17) is 4.74 Å². The third-order valence-corrected chi connectivity index (χ3v) is 3.11. The standard InChI is InChI=1S/C14H16OS/c1-14(2,3)11-4-6-12(7-5-11)15-13-8-9-16-10-13/h4-10H,1-3H3. The first-order valence-electron chi connectivity index (χ1n) is 5.36. The average molecular weight is 232 g/mol. The molecule has 0 saturated carbocycles. The van der Waals surface area contributed by atoms with Gasteiger partial charge < -0.3 is 4.74 Å². The molecule has 0 N–H and O–H groups in total. The van der Waals surface area contributed by atoms with Crippen LogP contribution in [-0.4, -0.2) is 0 Å². The molecular formula is C14H16OS. The zero-order valence-electron chi connectivity index (χ0n) is 9.86. The van der Waals surface area contributed by atoms with Crippen LogP contribution in [0.3, 0.4) is 0 Å². The number of hydrogen-bond donors (Lipinski definition) is 0. The van der Waals surface area contributed by atoms with Crippen LogP contribution in [0.1, 0.15) is 26.3 Å². The number of benzene rings is 1. The highest BCUT2D eigenvalue weighted by molar-refractivity contribution is 7.08. The topological polar surface area (TPSA) is 9.23 Å². The van der Waals surface area contributed by atoms with Crippen LogP contribution in [0, 0.1) is 0 Å². The Bertz CT molecular complexity index is 435. The number of rotatable bonds is 2. The molecule has 0 spiro atoms. The van der Waals surface area contributed by atoms with E-state index in [0.717, 1.165) is 11.5 Å². The Morgan fingerprint density at radius 2 is 1.62 bits per heavy atom. The van der Waals surface area contributed by atoms with E-state index < -0.39 is 0 Å². The van der Waals surface area contributed by atoms with Crippen molar-refractivity contribution in [3.63, 3.8) is 0 Å². The number of ether oxygens (including phenoxy) is 1. The zero-order chi connectivity index (χ0) is 11.6. The van der Waals surface area contributed by atoms with Gasteiger partial charge in [-0.3, -0.25) is 0 Å². The maximum absolute atomic E-state index is 5.70. The summed E-state index contributed by atoms with van der Waals surface area (Å²) in [6.07, 6.45) is 0. The molecule has 84 valence electrons. The van der Waals surface area contributed by atoms with Gasteiger partial charge >= 0.3 is 0 Å². The van der Waals surface area contributed by atoms with E-state index in [1.54, 1.807) is 11.3 Å². The van der Waals surface area contributed by atoms with E-state index in [9.17, 15) is 0 Å². The molecule has 0 atom stereocenters. The summed E-state index contributed by atoms with van der Waals surface area (Å²) in [5.74, 6) is 1.81. The molecule has 0 amide bonds. The molecule has 1 aromatic heterocycles. The lowest BCUT2D eigenvalue weighted by molar-refractivity contribution is 0.483. The fraction of sp³-hybridized carbons (Fsp3) is 0.286. The van der Waals surface area contributed by atoms with Gasteiger partial charge in [0.05, 0.1) is 0 Å². The van der Waals surface area contributed by atoms with Crippen LogP contribution in [-0.2, 0) is 5.41 Å². The summed E-state index contributed by atoms with van der Waals surface area (Å²) >= 11 is 1.64. The summed E-state index contributed by atoms with van der Waals surface area (Å²) in [4.78, 5) is 0. The van der Waals surface area contributed by atoms with Gasteiger partial charge in [-0.2, -0.15) is 0 Å². The lowest BCUT2D eigenvalue weighted by Gasteiger charge is -2.19. The highest BCUT2D eigenvalue weighted by Crippen LogP contribution is 2.27. The first-order chi connectivity index (χ1) is 7.55. The third-order valence-electron chi connectivity index (χ3n) is 2.45. The minimum atomic E-state index is 0.195. The molecule has 1 heterocycles. The van der Waals surface area contributed by atoms with Gasteiger partial charge in [0.1, 0.15) is 11.5 Å². The van der Waals surface area contributed by atoms with Crippen LogP contribution in [0.15, 0.2) is 41.1 Å². The molecule has 0 aliphatic rings. The quantitative estimate of drug-likeness (QED) is 0.720. The van der Waals surface area contributed by atoms with Crippen molar-refractivity contribution < 1.29 is 4.74 Å². The van der Waals surface area contributed by atoms with E-state index in [2.05, 4.69) is 32.9 Å². The summed E-state index contributed by atoms with van der Waals surface area (Å²) in [6, 6.07) is 10.3. The van der Waals surface area contributed by atoms with Crippen LogP contribution in [0.4, 0.5) is 0 Å². The van der Waals surface area contributed by atoms with Gasteiger partial charge in [-0.1, -0.05) is 32.9 Å². The Labute approximate surface area is 101 Å². The van der Waals surface area contributed by atoms with Crippen LogP contribution in [0.2, 0.25) is 0 Å². The predicted molar refractivity (Wildman–Crippen MR) is 69.5 cm³/mol. The Morgan fingerprint density at radius 3 is 2.12 bits per heavy atom. The molecule has 0 radical (unpaired) electrons. The second-order valence-corrected chi connectivity index (χ2v) is 5.62. The van der Waals surface area contributed by atoms with Crippen molar-refractivity contribution in [3.05, 3.63) is 46.7 Å². The molecular weight excluding hydrogens is 216 g/mol. The second kappa shape index (κ2) is 4.30. The Balaban J connectivity index is 2.14. The van der Waals surface area contributed by atoms with E-state index in [1.807, 2.05) is 29.0 Å². The van der Waals surface area contributed by atoms with E-state index >= 15 is 0 Å². The monoisotopic (exact) mass is 232 g/mol. The third kappa shape index (κ3) is 2.64. The molecule has 0 fully saturated rings. The molecule has 1 nitrogen and oxygen atoms in total. The Hall–Kier alpha value is -1.28. The Morgan fingerprint density at radius 1 is 0.938 bits per heavy atom. The lowest BCUT2D eigenvalue weighted by Crippen LogP contribution is -2.10. The van der Waals surface area contributed by atoms with Gasteiger partial charge in [-0.25, -0.2) is 0 Å². The van der Waals surface area contributed by atoms with E-state index in [-0.39, 0.29) is 5.41 Å². The minimum absolute atomic E-state index is 0.195. The van der Waals surface area contributed by atoms with Crippen molar-refractivity contribution in [2.45, 2.75) is 26.2 Å². The minimum Gasteiger partial charge on any atom is -0.457 e. The maximum atomic E-state index is 5.70.